The molecular weight excluding hydrogens is 272 g/mol. The van der Waals surface area contributed by atoms with Crippen LogP contribution in [0.4, 0.5) is 11.4 Å². The smallest absolute Gasteiger partial charge is 0.287 e. The van der Waals surface area contributed by atoms with Gasteiger partial charge in [0.05, 0.1) is 35.0 Å². The van der Waals surface area contributed by atoms with Crippen LogP contribution in [0.5, 0.6) is 0 Å². The number of carbonyl (C=O) groups is 1. The van der Waals surface area contributed by atoms with Gasteiger partial charge in [-0.15, -0.1) is 0 Å². The van der Waals surface area contributed by atoms with Crippen molar-refractivity contribution in [2.45, 2.75) is 0 Å². The zero-order valence-electron chi connectivity index (χ0n) is 11.2. The number of ketones is 1. The Hall–Kier alpha value is -3.14. The first-order valence-corrected chi connectivity index (χ1v) is 6.08. The van der Waals surface area contributed by atoms with E-state index in [1.807, 2.05) is 6.07 Å². The van der Waals surface area contributed by atoms with E-state index in [0.29, 0.717) is 5.56 Å². The fourth-order valence-electron chi connectivity index (χ4n) is 1.83. The number of anilines is 1. The first-order chi connectivity index (χ1) is 10.0. The van der Waals surface area contributed by atoms with E-state index in [0.717, 1.165) is 5.69 Å². The minimum Gasteiger partial charge on any atom is -0.367 e. The lowest BCUT2D eigenvalue weighted by molar-refractivity contribution is -0.384. The van der Waals surface area contributed by atoms with Crippen LogP contribution in [0, 0.1) is 21.4 Å². The van der Waals surface area contributed by atoms with Gasteiger partial charge in [0, 0.05) is 18.8 Å². The number of hydrogen-bond donors (Lipinski definition) is 1. The van der Waals surface area contributed by atoms with Crippen molar-refractivity contribution in [1.82, 2.24) is 4.98 Å². The van der Waals surface area contributed by atoms with Gasteiger partial charge in [-0.05, 0) is 24.3 Å². The molecule has 0 saturated heterocycles. The van der Waals surface area contributed by atoms with Gasteiger partial charge in [0.15, 0.2) is 5.78 Å². The largest absolute Gasteiger partial charge is 0.367 e. The summed E-state index contributed by atoms with van der Waals surface area (Å²) in [5.74, 6) is -0.255. The van der Waals surface area contributed by atoms with Crippen LogP contribution >= 0.6 is 0 Å². The molecule has 106 valence electrons. The lowest BCUT2D eigenvalue weighted by Crippen LogP contribution is -2.25. The average Bonchev–Trinajstić information content (AvgIpc) is 2.97. The maximum absolute atomic E-state index is 12.0. The molecule has 1 aromatic carbocycles. The first kappa shape index (κ1) is 14.3. The molecule has 1 N–H and O–H groups in total. The number of hydrogen-bond acceptors (Lipinski definition) is 5. The van der Waals surface area contributed by atoms with Gasteiger partial charge in [-0.2, -0.15) is 5.26 Å². The standard InChI is InChI=1S/C14H12N4O3/c1-17(11-4-2-10(7-15)3-5-11)9-14(19)13-6-12(8-16-13)18(20)21/h2-6,8,16H,9H2,1H3. The summed E-state index contributed by atoms with van der Waals surface area (Å²) in [4.78, 5) is 26.4. The Morgan fingerprint density at radius 2 is 2.10 bits per heavy atom. The molecular formula is C14H12N4O3. The number of nitrogens with zero attached hydrogens (tertiary/aromatic N) is 3. The van der Waals surface area contributed by atoms with Crippen molar-refractivity contribution in [3.63, 3.8) is 0 Å². The second-order valence-electron chi connectivity index (χ2n) is 4.47. The third kappa shape index (κ3) is 3.25. The monoisotopic (exact) mass is 284 g/mol. The summed E-state index contributed by atoms with van der Waals surface area (Å²) < 4.78 is 0. The molecule has 0 spiro atoms. The Bertz CT molecular complexity index is 713. The molecule has 7 heteroatoms. The highest BCUT2D eigenvalue weighted by molar-refractivity contribution is 5.98. The van der Waals surface area contributed by atoms with Crippen LogP contribution < -0.4 is 4.90 Å². The number of nitro groups is 1. The predicted molar refractivity (Wildman–Crippen MR) is 76.2 cm³/mol. The fourth-order valence-corrected chi connectivity index (χ4v) is 1.83. The number of rotatable bonds is 5. The van der Waals surface area contributed by atoms with Crippen molar-refractivity contribution < 1.29 is 9.72 Å². The van der Waals surface area contributed by atoms with E-state index in [1.165, 1.54) is 12.3 Å². The van der Waals surface area contributed by atoms with Gasteiger partial charge in [-0.1, -0.05) is 0 Å². The van der Waals surface area contributed by atoms with E-state index in [-0.39, 0.29) is 23.7 Å². The molecule has 2 rings (SSSR count). The Morgan fingerprint density at radius 1 is 1.43 bits per heavy atom. The quantitative estimate of drug-likeness (QED) is 0.514. The van der Waals surface area contributed by atoms with E-state index in [1.54, 1.807) is 36.2 Å². The van der Waals surface area contributed by atoms with Gasteiger partial charge in [0.1, 0.15) is 0 Å². The lowest BCUT2D eigenvalue weighted by Gasteiger charge is -2.17. The zero-order valence-corrected chi connectivity index (χ0v) is 11.2. The zero-order chi connectivity index (χ0) is 15.4. The third-order valence-corrected chi connectivity index (χ3v) is 3.00. The summed E-state index contributed by atoms with van der Waals surface area (Å²) in [5.41, 5.74) is 1.38. The molecule has 1 aromatic heterocycles. The van der Waals surface area contributed by atoms with Crippen LogP contribution in [0.3, 0.4) is 0 Å². The third-order valence-electron chi connectivity index (χ3n) is 3.00. The van der Waals surface area contributed by atoms with Gasteiger partial charge in [-0.3, -0.25) is 14.9 Å². The number of benzene rings is 1. The molecule has 1 heterocycles. The number of aromatic nitrogens is 1. The summed E-state index contributed by atoms with van der Waals surface area (Å²) in [7, 11) is 1.73. The Kier molecular flexibility index (Phi) is 4.00. The molecule has 0 aliphatic rings. The minimum absolute atomic E-state index is 0.0730. The highest BCUT2D eigenvalue weighted by atomic mass is 16.6. The molecule has 2 aromatic rings. The summed E-state index contributed by atoms with van der Waals surface area (Å²) in [6.07, 6.45) is 1.19. The van der Waals surface area contributed by atoms with E-state index in [9.17, 15) is 14.9 Å². The van der Waals surface area contributed by atoms with Crippen LogP contribution in [0.15, 0.2) is 36.5 Å². The summed E-state index contributed by atoms with van der Waals surface area (Å²) in [6, 6.07) is 10.0. The highest BCUT2D eigenvalue weighted by Crippen LogP contribution is 2.16. The van der Waals surface area contributed by atoms with Crippen molar-refractivity contribution in [1.29, 1.82) is 5.26 Å². The molecule has 7 nitrogen and oxygen atoms in total. The number of likely N-dealkylation sites (N-methyl/N-ethyl adjacent to an activating group) is 1. The fraction of sp³-hybridized carbons (Fsp3) is 0.143. The van der Waals surface area contributed by atoms with Crippen LogP contribution in [-0.4, -0.2) is 29.3 Å². The predicted octanol–water partition coefficient (Wildman–Crippen LogP) is 2.11. The van der Waals surface area contributed by atoms with Gasteiger partial charge >= 0.3 is 0 Å². The Labute approximate surface area is 120 Å². The first-order valence-electron chi connectivity index (χ1n) is 6.08. The topological polar surface area (TPSA) is 103 Å². The van der Waals surface area contributed by atoms with E-state index >= 15 is 0 Å². The summed E-state index contributed by atoms with van der Waals surface area (Å²) >= 11 is 0. The van der Waals surface area contributed by atoms with Crippen molar-refractivity contribution in [2.24, 2.45) is 0 Å². The molecule has 0 aliphatic heterocycles. The Morgan fingerprint density at radius 3 is 2.62 bits per heavy atom. The van der Waals surface area contributed by atoms with E-state index in [2.05, 4.69) is 4.98 Å². The van der Waals surface area contributed by atoms with E-state index in [4.69, 9.17) is 5.26 Å². The second-order valence-corrected chi connectivity index (χ2v) is 4.47. The van der Waals surface area contributed by atoms with Crippen molar-refractivity contribution in [3.05, 3.63) is 57.9 Å². The normalized spacial score (nSPS) is 9.90. The Balaban J connectivity index is 2.07. The maximum Gasteiger partial charge on any atom is 0.287 e. The summed E-state index contributed by atoms with van der Waals surface area (Å²) in [5, 5.41) is 19.3. The molecule has 21 heavy (non-hydrogen) atoms. The number of carbonyl (C=O) groups excluding carboxylic acids is 1. The van der Waals surface area contributed by atoms with Crippen molar-refractivity contribution in [2.75, 3.05) is 18.5 Å². The molecule has 0 radical (unpaired) electrons. The number of Topliss-reactive ketones (excluding diaryl/α,β-unsaturated/α-hetero) is 1. The molecule has 0 fully saturated rings. The number of aromatic amines is 1. The molecule has 0 bridgehead atoms. The van der Waals surface area contributed by atoms with Crippen molar-refractivity contribution in [3.8, 4) is 6.07 Å². The average molecular weight is 284 g/mol. The SMILES string of the molecule is CN(CC(=O)c1cc([N+](=O)[O-])c[nH]1)c1ccc(C#N)cc1. The molecule has 0 saturated carbocycles. The van der Waals surface area contributed by atoms with Gasteiger partial charge in [0.25, 0.3) is 5.69 Å². The van der Waals surface area contributed by atoms with Gasteiger partial charge in [0.2, 0.25) is 0 Å². The number of H-pyrrole nitrogens is 1. The number of nitrogens with one attached hydrogen (secondary N) is 1. The van der Waals surface area contributed by atoms with E-state index < -0.39 is 4.92 Å². The van der Waals surface area contributed by atoms with Crippen LogP contribution in [0.2, 0.25) is 0 Å². The van der Waals surface area contributed by atoms with Crippen LogP contribution in [-0.2, 0) is 0 Å². The van der Waals surface area contributed by atoms with Crippen molar-refractivity contribution >= 4 is 17.2 Å². The minimum atomic E-state index is -0.558. The number of nitriles is 1. The lowest BCUT2D eigenvalue weighted by atomic mass is 10.2. The van der Waals surface area contributed by atoms with Gasteiger partial charge in [-0.25, -0.2) is 0 Å². The molecule has 0 aliphatic carbocycles. The maximum atomic E-state index is 12.0. The molecule has 0 unspecified atom stereocenters. The van der Waals surface area contributed by atoms with Crippen LogP contribution in [0.1, 0.15) is 16.1 Å². The van der Waals surface area contributed by atoms with Gasteiger partial charge < -0.3 is 9.88 Å². The second kappa shape index (κ2) is 5.88. The molecule has 0 amide bonds. The highest BCUT2D eigenvalue weighted by Gasteiger charge is 2.16. The molecule has 0 atom stereocenters. The van der Waals surface area contributed by atoms with Crippen LogP contribution in [0.25, 0.3) is 0 Å². The summed E-state index contributed by atoms with van der Waals surface area (Å²) in [6.45, 7) is 0.0730.